The van der Waals surface area contributed by atoms with Crippen LogP contribution in [0.3, 0.4) is 0 Å². The molecule has 21 heavy (non-hydrogen) atoms. The average Bonchev–Trinajstić information content (AvgIpc) is 2.91. The summed E-state index contributed by atoms with van der Waals surface area (Å²) in [7, 11) is 0. The number of hydrogen-bond donors (Lipinski definition) is 2. The third-order valence-corrected chi connectivity index (χ3v) is 4.74. The van der Waals surface area contributed by atoms with Crippen LogP contribution in [0.4, 0.5) is 0 Å². The molecule has 1 aliphatic rings. The van der Waals surface area contributed by atoms with Crippen molar-refractivity contribution in [1.82, 2.24) is 10.6 Å². The van der Waals surface area contributed by atoms with Crippen molar-refractivity contribution < 1.29 is 4.79 Å². The van der Waals surface area contributed by atoms with Gasteiger partial charge in [-0.3, -0.25) is 4.79 Å². The van der Waals surface area contributed by atoms with Gasteiger partial charge in [0.25, 0.3) is 0 Å². The SMILES string of the molecule is CCCC1(C(=O)NCCc2ccc(Cl)cc2Cl)CCNC1. The van der Waals surface area contributed by atoms with Crippen LogP contribution in [0.25, 0.3) is 0 Å². The van der Waals surface area contributed by atoms with E-state index in [4.69, 9.17) is 23.2 Å². The molecule has 1 atom stereocenters. The number of halogens is 2. The van der Waals surface area contributed by atoms with Gasteiger partial charge < -0.3 is 10.6 Å². The van der Waals surface area contributed by atoms with Gasteiger partial charge in [0.1, 0.15) is 0 Å². The molecule has 1 aromatic rings. The molecule has 1 heterocycles. The summed E-state index contributed by atoms with van der Waals surface area (Å²) in [4.78, 5) is 12.5. The average molecular weight is 329 g/mol. The van der Waals surface area contributed by atoms with Crippen LogP contribution in [0.1, 0.15) is 31.7 Å². The minimum Gasteiger partial charge on any atom is -0.355 e. The van der Waals surface area contributed by atoms with Gasteiger partial charge in [0.05, 0.1) is 5.41 Å². The summed E-state index contributed by atoms with van der Waals surface area (Å²) in [6.45, 7) is 4.44. The van der Waals surface area contributed by atoms with E-state index < -0.39 is 0 Å². The molecule has 1 aromatic carbocycles. The fourth-order valence-electron chi connectivity index (χ4n) is 2.97. The minimum absolute atomic E-state index is 0.166. The Morgan fingerprint density at radius 1 is 1.43 bits per heavy atom. The fraction of sp³-hybridized carbons (Fsp3) is 0.562. The molecule has 0 aromatic heterocycles. The molecule has 1 fully saturated rings. The Hall–Kier alpha value is -0.770. The molecule has 2 rings (SSSR count). The molecular weight excluding hydrogens is 307 g/mol. The lowest BCUT2D eigenvalue weighted by molar-refractivity contribution is -0.130. The third-order valence-electron chi connectivity index (χ3n) is 4.15. The number of benzene rings is 1. The molecule has 3 nitrogen and oxygen atoms in total. The van der Waals surface area contributed by atoms with Crippen molar-refractivity contribution in [2.24, 2.45) is 5.41 Å². The van der Waals surface area contributed by atoms with E-state index in [1.165, 1.54) is 0 Å². The highest BCUT2D eigenvalue weighted by atomic mass is 35.5. The van der Waals surface area contributed by atoms with E-state index >= 15 is 0 Å². The zero-order chi connectivity index (χ0) is 15.3. The van der Waals surface area contributed by atoms with Crippen molar-refractivity contribution in [3.63, 3.8) is 0 Å². The van der Waals surface area contributed by atoms with Gasteiger partial charge in [0.2, 0.25) is 5.91 Å². The van der Waals surface area contributed by atoms with E-state index in [2.05, 4.69) is 17.6 Å². The van der Waals surface area contributed by atoms with Crippen LogP contribution < -0.4 is 10.6 Å². The predicted octanol–water partition coefficient (Wildman–Crippen LogP) is 3.43. The molecule has 0 bridgehead atoms. The summed E-state index contributed by atoms with van der Waals surface area (Å²) in [6.07, 6.45) is 3.61. The largest absolute Gasteiger partial charge is 0.355 e. The molecule has 0 spiro atoms. The lowest BCUT2D eigenvalue weighted by atomic mass is 9.81. The molecule has 5 heteroatoms. The summed E-state index contributed by atoms with van der Waals surface area (Å²) in [6, 6.07) is 5.47. The summed E-state index contributed by atoms with van der Waals surface area (Å²) < 4.78 is 0. The lowest BCUT2D eigenvalue weighted by Crippen LogP contribution is -2.43. The second kappa shape index (κ2) is 7.48. The van der Waals surface area contributed by atoms with Crippen LogP contribution in [-0.4, -0.2) is 25.5 Å². The molecule has 0 aliphatic carbocycles. The van der Waals surface area contributed by atoms with E-state index in [1.807, 2.05) is 12.1 Å². The van der Waals surface area contributed by atoms with Gasteiger partial charge in [-0.1, -0.05) is 42.6 Å². The number of carbonyl (C=O) groups excluding carboxylic acids is 1. The van der Waals surface area contributed by atoms with E-state index in [1.54, 1.807) is 6.07 Å². The Labute approximate surface area is 136 Å². The zero-order valence-electron chi connectivity index (χ0n) is 12.3. The maximum Gasteiger partial charge on any atom is 0.227 e. The molecule has 2 N–H and O–H groups in total. The van der Waals surface area contributed by atoms with Gasteiger partial charge in [-0.25, -0.2) is 0 Å². The number of rotatable bonds is 6. The van der Waals surface area contributed by atoms with Crippen LogP contribution in [0.2, 0.25) is 10.0 Å². The zero-order valence-corrected chi connectivity index (χ0v) is 13.9. The normalized spacial score (nSPS) is 21.5. The summed E-state index contributed by atoms with van der Waals surface area (Å²) in [5.74, 6) is 0.166. The summed E-state index contributed by atoms with van der Waals surface area (Å²) in [5.41, 5.74) is 0.786. The van der Waals surface area contributed by atoms with E-state index in [0.29, 0.717) is 16.6 Å². The second-order valence-electron chi connectivity index (χ2n) is 5.70. The fourth-order valence-corrected chi connectivity index (χ4v) is 3.47. The number of nitrogens with one attached hydrogen (secondary N) is 2. The van der Waals surface area contributed by atoms with Crippen molar-refractivity contribution >= 4 is 29.1 Å². The monoisotopic (exact) mass is 328 g/mol. The van der Waals surface area contributed by atoms with Crippen LogP contribution in [0, 0.1) is 5.41 Å². The Morgan fingerprint density at radius 2 is 2.24 bits per heavy atom. The highest BCUT2D eigenvalue weighted by Gasteiger charge is 2.39. The van der Waals surface area contributed by atoms with Crippen molar-refractivity contribution in [2.45, 2.75) is 32.6 Å². The van der Waals surface area contributed by atoms with Gasteiger partial charge >= 0.3 is 0 Å². The van der Waals surface area contributed by atoms with Crippen molar-refractivity contribution in [1.29, 1.82) is 0 Å². The van der Waals surface area contributed by atoms with Crippen molar-refractivity contribution in [2.75, 3.05) is 19.6 Å². The highest BCUT2D eigenvalue weighted by molar-refractivity contribution is 6.35. The Morgan fingerprint density at radius 3 is 2.86 bits per heavy atom. The Bertz CT molecular complexity index is 499. The number of carbonyl (C=O) groups is 1. The van der Waals surface area contributed by atoms with Gasteiger partial charge in [0.15, 0.2) is 0 Å². The summed E-state index contributed by atoms with van der Waals surface area (Å²) >= 11 is 12.0. The second-order valence-corrected chi connectivity index (χ2v) is 6.54. The van der Waals surface area contributed by atoms with E-state index in [-0.39, 0.29) is 11.3 Å². The smallest absolute Gasteiger partial charge is 0.227 e. The topological polar surface area (TPSA) is 41.1 Å². The third kappa shape index (κ3) is 4.12. The minimum atomic E-state index is -0.224. The Kier molecular flexibility index (Phi) is 5.91. The van der Waals surface area contributed by atoms with Gasteiger partial charge in [0, 0.05) is 23.1 Å². The first-order valence-corrected chi connectivity index (χ1v) is 8.26. The quantitative estimate of drug-likeness (QED) is 0.839. The van der Waals surface area contributed by atoms with Crippen molar-refractivity contribution in [3.05, 3.63) is 33.8 Å². The number of hydrogen-bond acceptors (Lipinski definition) is 2. The van der Waals surface area contributed by atoms with Crippen LogP contribution >= 0.6 is 23.2 Å². The Balaban J connectivity index is 1.88. The molecule has 1 amide bonds. The lowest BCUT2D eigenvalue weighted by Gasteiger charge is -2.26. The first kappa shape index (κ1) is 16.6. The maximum absolute atomic E-state index is 12.5. The summed E-state index contributed by atoms with van der Waals surface area (Å²) in [5, 5.41) is 7.66. The standard InChI is InChI=1S/C16H22Cl2N2O/c1-2-6-16(7-9-19-11-16)15(21)20-8-5-12-3-4-13(17)10-14(12)18/h3-4,10,19H,2,5-9,11H2,1H3,(H,20,21). The predicted molar refractivity (Wildman–Crippen MR) is 88.0 cm³/mol. The van der Waals surface area contributed by atoms with Crippen LogP contribution in [0.15, 0.2) is 18.2 Å². The molecule has 0 saturated carbocycles. The first-order chi connectivity index (χ1) is 10.1. The van der Waals surface area contributed by atoms with E-state index in [0.717, 1.165) is 44.3 Å². The molecular formula is C16H22Cl2N2O. The molecule has 1 aliphatic heterocycles. The van der Waals surface area contributed by atoms with Gasteiger partial charge in [-0.05, 0) is 43.5 Å². The first-order valence-electron chi connectivity index (χ1n) is 7.50. The molecule has 1 unspecified atom stereocenters. The maximum atomic E-state index is 12.5. The van der Waals surface area contributed by atoms with Crippen LogP contribution in [0.5, 0.6) is 0 Å². The van der Waals surface area contributed by atoms with Crippen molar-refractivity contribution in [3.8, 4) is 0 Å². The van der Waals surface area contributed by atoms with E-state index in [9.17, 15) is 4.79 Å². The van der Waals surface area contributed by atoms with Gasteiger partial charge in [-0.15, -0.1) is 0 Å². The number of amides is 1. The molecule has 0 radical (unpaired) electrons. The highest BCUT2D eigenvalue weighted by Crippen LogP contribution is 2.31. The van der Waals surface area contributed by atoms with Crippen LogP contribution in [-0.2, 0) is 11.2 Å². The molecule has 1 saturated heterocycles. The van der Waals surface area contributed by atoms with Gasteiger partial charge in [-0.2, -0.15) is 0 Å². The molecule has 116 valence electrons.